The third-order valence-electron chi connectivity index (χ3n) is 5.59. The van der Waals surface area contributed by atoms with Crippen LogP contribution in [0, 0.1) is 0 Å². The van der Waals surface area contributed by atoms with Crippen LogP contribution in [0.15, 0.2) is 41.0 Å². The van der Waals surface area contributed by atoms with Gasteiger partial charge in [-0.2, -0.15) is 0 Å². The molecule has 1 aromatic carbocycles. The minimum atomic E-state index is -1.19. The summed E-state index contributed by atoms with van der Waals surface area (Å²) in [4.78, 5) is 13.1. The Morgan fingerprint density at radius 1 is 1.06 bits per heavy atom. The summed E-state index contributed by atoms with van der Waals surface area (Å²) in [7, 11) is 0. The molecule has 1 unspecified atom stereocenters. The van der Waals surface area contributed by atoms with Gasteiger partial charge in [-0.1, -0.05) is 48.6 Å². The molecule has 0 amide bonds. The van der Waals surface area contributed by atoms with Gasteiger partial charge in [-0.05, 0) is 84.4 Å². The number of ether oxygens (including phenoxy) is 2. The molecule has 0 radical (unpaired) electrons. The van der Waals surface area contributed by atoms with E-state index in [1.165, 1.54) is 11.1 Å². The molecule has 4 nitrogen and oxygen atoms in total. The zero-order valence-corrected chi connectivity index (χ0v) is 20.9. The number of benzene rings is 1. The van der Waals surface area contributed by atoms with E-state index in [2.05, 4.69) is 39.8 Å². The Kier molecular flexibility index (Phi) is 9.18. The van der Waals surface area contributed by atoms with Gasteiger partial charge in [0.2, 0.25) is 0 Å². The summed E-state index contributed by atoms with van der Waals surface area (Å²) in [5.74, 6) is -0.934. The minimum absolute atomic E-state index is 0.179. The molecule has 1 N–H and O–H groups in total. The molecule has 2 rings (SSSR count). The molecule has 4 heteroatoms. The van der Waals surface area contributed by atoms with Crippen molar-refractivity contribution in [2.75, 3.05) is 0 Å². The standard InChI is InChI=1S/C28H40O4/c1-8-9-10-14-22-17-24(29)23(16-15-21(6)13-11-12-19(2)3)26-25(22)27(30)32-28(7,31-26)18-20(4)5/h12,15,17-18,29H,8-11,13-14,16H2,1-7H3/b21-15+. The number of aromatic hydroxyl groups is 1. The summed E-state index contributed by atoms with van der Waals surface area (Å²) >= 11 is 0. The van der Waals surface area contributed by atoms with Crippen LogP contribution in [0.25, 0.3) is 0 Å². The molecular formula is C28H40O4. The fraction of sp³-hybridized carbons (Fsp3) is 0.536. The van der Waals surface area contributed by atoms with Gasteiger partial charge in [0.1, 0.15) is 17.1 Å². The van der Waals surface area contributed by atoms with Crippen LogP contribution in [0.5, 0.6) is 11.5 Å². The first-order valence-electron chi connectivity index (χ1n) is 11.8. The van der Waals surface area contributed by atoms with E-state index >= 15 is 0 Å². The van der Waals surface area contributed by atoms with Gasteiger partial charge in [0.25, 0.3) is 5.79 Å². The number of carbonyl (C=O) groups excluding carboxylic acids is 1. The number of aryl methyl sites for hydroxylation is 1. The van der Waals surface area contributed by atoms with E-state index in [-0.39, 0.29) is 11.7 Å². The fourth-order valence-electron chi connectivity index (χ4n) is 4.04. The molecule has 1 heterocycles. The highest BCUT2D eigenvalue weighted by molar-refractivity contribution is 5.96. The molecule has 1 aromatic rings. The molecule has 0 saturated heterocycles. The Bertz CT molecular complexity index is 912. The van der Waals surface area contributed by atoms with Crippen LogP contribution >= 0.6 is 0 Å². The molecule has 0 aromatic heterocycles. The van der Waals surface area contributed by atoms with Crippen LogP contribution in [0.1, 0.15) is 102 Å². The van der Waals surface area contributed by atoms with Crippen LogP contribution < -0.4 is 4.74 Å². The Morgan fingerprint density at radius 2 is 1.78 bits per heavy atom. The largest absolute Gasteiger partial charge is 0.508 e. The number of hydrogen-bond acceptors (Lipinski definition) is 4. The van der Waals surface area contributed by atoms with E-state index in [1.54, 1.807) is 19.1 Å². The molecular weight excluding hydrogens is 400 g/mol. The number of unbranched alkanes of at least 4 members (excludes halogenated alkanes) is 2. The van der Waals surface area contributed by atoms with Crippen molar-refractivity contribution in [2.45, 2.75) is 99.2 Å². The molecule has 0 bridgehead atoms. The smallest absolute Gasteiger partial charge is 0.345 e. The van der Waals surface area contributed by atoms with E-state index in [0.717, 1.165) is 43.2 Å². The van der Waals surface area contributed by atoms with Crippen molar-refractivity contribution < 1.29 is 19.4 Å². The van der Waals surface area contributed by atoms with Crippen LogP contribution in [0.4, 0.5) is 0 Å². The minimum Gasteiger partial charge on any atom is -0.508 e. The van der Waals surface area contributed by atoms with Gasteiger partial charge in [-0.15, -0.1) is 0 Å². The van der Waals surface area contributed by atoms with Gasteiger partial charge in [-0.25, -0.2) is 4.79 Å². The van der Waals surface area contributed by atoms with Crippen LogP contribution in [0.3, 0.4) is 0 Å². The van der Waals surface area contributed by atoms with Gasteiger partial charge >= 0.3 is 5.97 Å². The number of rotatable bonds is 10. The average Bonchev–Trinajstić information content (AvgIpc) is 2.65. The first kappa shape index (κ1) is 25.8. The summed E-state index contributed by atoms with van der Waals surface area (Å²) < 4.78 is 12.0. The van der Waals surface area contributed by atoms with E-state index in [9.17, 15) is 9.90 Å². The zero-order chi connectivity index (χ0) is 23.9. The maximum absolute atomic E-state index is 13.1. The number of esters is 1. The topological polar surface area (TPSA) is 55.8 Å². The summed E-state index contributed by atoms with van der Waals surface area (Å²) in [5.41, 5.74) is 5.45. The van der Waals surface area contributed by atoms with E-state index in [4.69, 9.17) is 9.47 Å². The lowest BCUT2D eigenvalue weighted by atomic mass is 9.93. The highest BCUT2D eigenvalue weighted by Gasteiger charge is 2.39. The third kappa shape index (κ3) is 7.01. The molecule has 1 aliphatic rings. The first-order valence-corrected chi connectivity index (χ1v) is 11.8. The second-order valence-electron chi connectivity index (χ2n) is 9.50. The van der Waals surface area contributed by atoms with Crippen molar-refractivity contribution in [1.82, 2.24) is 0 Å². The Labute approximate surface area is 194 Å². The number of carbonyl (C=O) groups is 1. The van der Waals surface area contributed by atoms with Crippen molar-refractivity contribution in [2.24, 2.45) is 0 Å². The van der Waals surface area contributed by atoms with Crippen molar-refractivity contribution in [1.29, 1.82) is 0 Å². The highest BCUT2D eigenvalue weighted by Crippen LogP contribution is 2.42. The Morgan fingerprint density at radius 3 is 2.41 bits per heavy atom. The quantitative estimate of drug-likeness (QED) is 0.231. The van der Waals surface area contributed by atoms with E-state index < -0.39 is 5.79 Å². The van der Waals surface area contributed by atoms with Gasteiger partial charge in [0, 0.05) is 12.5 Å². The maximum Gasteiger partial charge on any atom is 0.345 e. The monoisotopic (exact) mass is 440 g/mol. The van der Waals surface area contributed by atoms with Crippen molar-refractivity contribution in [3.05, 3.63) is 57.7 Å². The second kappa shape index (κ2) is 11.4. The van der Waals surface area contributed by atoms with Crippen molar-refractivity contribution >= 4 is 5.97 Å². The summed E-state index contributed by atoms with van der Waals surface area (Å²) in [6.07, 6.45) is 12.4. The number of cyclic esters (lactones) is 1. The second-order valence-corrected chi connectivity index (χ2v) is 9.50. The number of phenols is 1. The number of phenolic OH excluding ortho intramolecular Hbond substituents is 1. The van der Waals surface area contributed by atoms with E-state index in [1.807, 2.05) is 13.8 Å². The lowest BCUT2D eigenvalue weighted by molar-refractivity contribution is -0.106. The number of fused-ring (bicyclic) bond motifs is 1. The zero-order valence-electron chi connectivity index (χ0n) is 20.9. The average molecular weight is 441 g/mol. The lowest BCUT2D eigenvalue weighted by Crippen LogP contribution is -2.41. The molecule has 1 aliphatic heterocycles. The first-order chi connectivity index (χ1) is 15.1. The SMILES string of the molecule is CCCCCc1cc(O)c(C/C=C(\C)CCC=C(C)C)c2c1C(=O)OC(C)(C=C(C)C)O2. The summed E-state index contributed by atoms with van der Waals surface area (Å²) in [5, 5.41) is 10.9. The van der Waals surface area contributed by atoms with Crippen LogP contribution in [0.2, 0.25) is 0 Å². The Hall–Kier alpha value is -2.49. The lowest BCUT2D eigenvalue weighted by Gasteiger charge is -2.35. The molecule has 0 saturated carbocycles. The van der Waals surface area contributed by atoms with Crippen molar-refractivity contribution in [3.8, 4) is 11.5 Å². The molecule has 32 heavy (non-hydrogen) atoms. The number of allylic oxidation sites excluding steroid dienone is 5. The molecule has 176 valence electrons. The molecule has 0 aliphatic carbocycles. The Balaban J connectivity index is 2.46. The van der Waals surface area contributed by atoms with Crippen LogP contribution in [-0.4, -0.2) is 16.9 Å². The van der Waals surface area contributed by atoms with Gasteiger partial charge in [0.15, 0.2) is 0 Å². The maximum atomic E-state index is 13.1. The predicted molar refractivity (Wildman–Crippen MR) is 131 cm³/mol. The van der Waals surface area contributed by atoms with Crippen molar-refractivity contribution in [3.63, 3.8) is 0 Å². The summed E-state index contributed by atoms with van der Waals surface area (Å²) in [6.45, 7) is 14.1. The van der Waals surface area contributed by atoms with E-state index in [0.29, 0.717) is 29.7 Å². The molecule has 1 atom stereocenters. The normalized spacial score (nSPS) is 17.8. The highest BCUT2D eigenvalue weighted by atomic mass is 16.7. The predicted octanol–water partition coefficient (Wildman–Crippen LogP) is 7.59. The van der Waals surface area contributed by atoms with Gasteiger partial charge in [-0.3, -0.25) is 0 Å². The molecule has 0 spiro atoms. The van der Waals surface area contributed by atoms with Gasteiger partial charge < -0.3 is 14.6 Å². The summed E-state index contributed by atoms with van der Waals surface area (Å²) in [6, 6.07) is 1.73. The number of hydrogen-bond donors (Lipinski definition) is 1. The van der Waals surface area contributed by atoms with Gasteiger partial charge in [0.05, 0.1) is 0 Å². The fourth-order valence-corrected chi connectivity index (χ4v) is 4.04. The third-order valence-corrected chi connectivity index (χ3v) is 5.59. The molecule has 0 fully saturated rings. The van der Waals surface area contributed by atoms with Crippen LogP contribution in [-0.2, 0) is 17.6 Å².